The third-order valence-electron chi connectivity index (χ3n) is 3.70. The molecule has 0 aliphatic carbocycles. The van der Waals surface area contributed by atoms with Crippen LogP contribution in [-0.2, 0) is 6.42 Å². The van der Waals surface area contributed by atoms with Gasteiger partial charge in [0, 0.05) is 6.42 Å². The van der Waals surface area contributed by atoms with Gasteiger partial charge in [-0.25, -0.2) is 0 Å². The van der Waals surface area contributed by atoms with E-state index in [1.807, 2.05) is 39.8 Å². The summed E-state index contributed by atoms with van der Waals surface area (Å²) in [6.45, 7) is 7.98. The standard InChI is InChI=1S/C17H18FO2P/c1-10-5-12(3)16-14(7-10)9-15-8-11(2)6-13(4)17(15)20-21(18)19-16/h5-8H,9H2,1-4H3. The van der Waals surface area contributed by atoms with Gasteiger partial charge >= 0.3 is 8.69 Å². The molecule has 0 saturated heterocycles. The molecule has 110 valence electrons. The molecule has 2 nitrogen and oxygen atoms in total. The van der Waals surface area contributed by atoms with Crippen molar-refractivity contribution in [1.29, 1.82) is 0 Å². The Bertz CT molecular complexity index is 653. The maximum absolute atomic E-state index is 14.2. The van der Waals surface area contributed by atoms with Crippen molar-refractivity contribution in [2.75, 3.05) is 0 Å². The molecule has 0 aromatic heterocycles. The molecule has 2 aromatic rings. The zero-order valence-corrected chi connectivity index (χ0v) is 13.6. The van der Waals surface area contributed by atoms with Crippen molar-refractivity contribution in [2.45, 2.75) is 34.1 Å². The molecule has 0 fully saturated rings. The van der Waals surface area contributed by atoms with Gasteiger partial charge in [0.25, 0.3) is 0 Å². The number of hydrogen-bond acceptors (Lipinski definition) is 2. The second kappa shape index (κ2) is 5.31. The first-order valence-electron chi connectivity index (χ1n) is 6.96. The number of aryl methyl sites for hydroxylation is 4. The summed E-state index contributed by atoms with van der Waals surface area (Å²) in [6.07, 6.45) is 0.693. The van der Waals surface area contributed by atoms with E-state index in [1.165, 1.54) is 0 Å². The average molecular weight is 304 g/mol. The van der Waals surface area contributed by atoms with Gasteiger partial charge in [0.05, 0.1) is 0 Å². The molecule has 1 aliphatic rings. The molecule has 0 atom stereocenters. The Morgan fingerprint density at radius 1 is 0.810 bits per heavy atom. The largest absolute Gasteiger partial charge is 0.505 e. The Morgan fingerprint density at radius 2 is 1.24 bits per heavy atom. The van der Waals surface area contributed by atoms with Gasteiger partial charge in [0.15, 0.2) is 0 Å². The smallest absolute Gasteiger partial charge is 0.414 e. The topological polar surface area (TPSA) is 18.5 Å². The first-order chi connectivity index (χ1) is 9.94. The Kier molecular flexibility index (Phi) is 3.62. The number of rotatable bonds is 0. The fourth-order valence-electron chi connectivity index (χ4n) is 2.98. The van der Waals surface area contributed by atoms with Gasteiger partial charge in [0.2, 0.25) is 0 Å². The minimum atomic E-state index is -2.46. The molecule has 21 heavy (non-hydrogen) atoms. The van der Waals surface area contributed by atoms with Gasteiger partial charge in [-0.2, -0.15) is 0 Å². The van der Waals surface area contributed by atoms with Crippen LogP contribution in [0.5, 0.6) is 11.5 Å². The molecule has 1 heterocycles. The molecule has 0 unspecified atom stereocenters. The summed E-state index contributed by atoms with van der Waals surface area (Å²) in [7, 11) is -2.46. The maximum Gasteiger partial charge on any atom is 0.505 e. The number of halogens is 1. The quantitative estimate of drug-likeness (QED) is 0.600. The van der Waals surface area contributed by atoms with Crippen LogP contribution in [-0.4, -0.2) is 0 Å². The summed E-state index contributed by atoms with van der Waals surface area (Å²) in [6, 6.07) is 8.15. The van der Waals surface area contributed by atoms with Gasteiger partial charge in [0.1, 0.15) is 11.5 Å². The van der Waals surface area contributed by atoms with E-state index in [-0.39, 0.29) is 0 Å². The molecule has 0 spiro atoms. The summed E-state index contributed by atoms with van der Waals surface area (Å²) in [5, 5.41) is 0. The summed E-state index contributed by atoms with van der Waals surface area (Å²) >= 11 is 0. The highest BCUT2D eigenvalue weighted by Gasteiger charge is 2.25. The van der Waals surface area contributed by atoms with E-state index in [0.717, 1.165) is 33.4 Å². The second-order valence-electron chi connectivity index (χ2n) is 5.71. The van der Waals surface area contributed by atoms with E-state index in [9.17, 15) is 4.20 Å². The Morgan fingerprint density at radius 3 is 1.67 bits per heavy atom. The predicted octanol–water partition coefficient (Wildman–Crippen LogP) is 5.48. The van der Waals surface area contributed by atoms with Crippen LogP contribution in [0.4, 0.5) is 4.20 Å². The fraction of sp³-hybridized carbons (Fsp3) is 0.294. The first kappa shape index (κ1) is 14.3. The van der Waals surface area contributed by atoms with Gasteiger partial charge in [-0.05, 0) is 49.9 Å². The Labute approximate surface area is 125 Å². The van der Waals surface area contributed by atoms with Gasteiger partial charge < -0.3 is 9.05 Å². The lowest BCUT2D eigenvalue weighted by molar-refractivity contribution is 0.426. The number of hydrogen-bond donors (Lipinski definition) is 0. The van der Waals surface area contributed by atoms with Gasteiger partial charge in [-0.3, -0.25) is 0 Å². The molecule has 3 rings (SSSR count). The fourth-order valence-corrected chi connectivity index (χ4v) is 3.82. The van der Waals surface area contributed by atoms with E-state index in [2.05, 4.69) is 12.1 Å². The number of benzene rings is 2. The van der Waals surface area contributed by atoms with Crippen molar-refractivity contribution < 1.29 is 13.2 Å². The highest BCUT2D eigenvalue weighted by Crippen LogP contribution is 2.48. The van der Waals surface area contributed by atoms with Crippen molar-refractivity contribution in [3.05, 3.63) is 57.6 Å². The minimum Gasteiger partial charge on any atom is -0.414 e. The van der Waals surface area contributed by atoms with Crippen molar-refractivity contribution in [3.63, 3.8) is 0 Å². The lowest BCUT2D eigenvalue weighted by Gasteiger charge is -2.23. The molecule has 0 bridgehead atoms. The SMILES string of the molecule is Cc1cc(C)c2c(c1)Cc1cc(C)cc(C)c1OP(F)O2. The summed E-state index contributed by atoms with van der Waals surface area (Å²) in [5.41, 5.74) is 6.26. The third kappa shape index (κ3) is 2.75. The molecule has 0 N–H and O–H groups in total. The van der Waals surface area contributed by atoms with Crippen LogP contribution in [0.25, 0.3) is 0 Å². The lowest BCUT2D eigenvalue weighted by atomic mass is 9.96. The number of fused-ring (bicyclic) bond motifs is 2. The van der Waals surface area contributed by atoms with Crippen molar-refractivity contribution in [2.24, 2.45) is 0 Å². The Hall–Kier alpha value is -1.60. The van der Waals surface area contributed by atoms with Crippen LogP contribution >= 0.6 is 8.69 Å². The van der Waals surface area contributed by atoms with E-state index in [4.69, 9.17) is 9.05 Å². The average Bonchev–Trinajstić information content (AvgIpc) is 2.36. The zero-order valence-electron chi connectivity index (χ0n) is 12.7. The molecule has 0 amide bonds. The lowest BCUT2D eigenvalue weighted by Crippen LogP contribution is -2.06. The molecular formula is C17H18FO2P. The first-order valence-corrected chi connectivity index (χ1v) is 8.03. The third-order valence-corrected chi connectivity index (χ3v) is 4.35. The maximum atomic E-state index is 14.2. The van der Waals surface area contributed by atoms with E-state index < -0.39 is 8.69 Å². The van der Waals surface area contributed by atoms with Crippen LogP contribution in [0, 0.1) is 27.7 Å². The van der Waals surface area contributed by atoms with Crippen molar-refractivity contribution in [1.82, 2.24) is 0 Å². The monoisotopic (exact) mass is 304 g/mol. The van der Waals surface area contributed by atoms with E-state index in [0.29, 0.717) is 17.9 Å². The summed E-state index contributed by atoms with van der Waals surface area (Å²) in [4.78, 5) is 0. The van der Waals surface area contributed by atoms with Crippen LogP contribution in [0.3, 0.4) is 0 Å². The van der Waals surface area contributed by atoms with Crippen molar-refractivity contribution >= 4 is 8.69 Å². The van der Waals surface area contributed by atoms with Crippen LogP contribution in [0.2, 0.25) is 0 Å². The second-order valence-corrected chi connectivity index (χ2v) is 6.50. The van der Waals surface area contributed by atoms with Gasteiger partial charge in [-0.1, -0.05) is 35.4 Å². The summed E-state index contributed by atoms with van der Waals surface area (Å²) < 4.78 is 25.0. The molecule has 0 radical (unpaired) electrons. The van der Waals surface area contributed by atoms with Crippen LogP contribution in [0.15, 0.2) is 24.3 Å². The molecule has 4 heteroatoms. The minimum absolute atomic E-state index is 0.624. The highest BCUT2D eigenvalue weighted by atomic mass is 31.2. The van der Waals surface area contributed by atoms with Crippen LogP contribution < -0.4 is 9.05 Å². The molecule has 0 saturated carbocycles. The molecular weight excluding hydrogens is 286 g/mol. The highest BCUT2D eigenvalue weighted by molar-refractivity contribution is 7.42. The zero-order chi connectivity index (χ0) is 15.1. The molecule has 2 aromatic carbocycles. The van der Waals surface area contributed by atoms with Crippen molar-refractivity contribution in [3.8, 4) is 11.5 Å². The van der Waals surface area contributed by atoms with Crippen LogP contribution in [0.1, 0.15) is 33.4 Å². The Balaban J connectivity index is 2.19. The van der Waals surface area contributed by atoms with E-state index >= 15 is 0 Å². The normalized spacial score (nSPS) is 14.3. The molecule has 1 aliphatic heterocycles. The van der Waals surface area contributed by atoms with Gasteiger partial charge in [-0.15, -0.1) is 4.20 Å². The predicted molar refractivity (Wildman–Crippen MR) is 83.9 cm³/mol. The van der Waals surface area contributed by atoms with E-state index in [1.54, 1.807) is 0 Å². The summed E-state index contributed by atoms with van der Waals surface area (Å²) in [5.74, 6) is 1.25.